The van der Waals surface area contributed by atoms with Crippen molar-refractivity contribution in [3.63, 3.8) is 0 Å². The smallest absolute Gasteiger partial charge is 0.352 e. The molecular formula is C17H25F2N3O3. The third kappa shape index (κ3) is 3.42. The zero-order valence-corrected chi connectivity index (χ0v) is 14.4. The van der Waals surface area contributed by atoms with E-state index in [0.717, 1.165) is 18.7 Å². The fraction of sp³-hybridized carbons (Fsp3) is 0.765. The van der Waals surface area contributed by atoms with E-state index in [1.54, 1.807) is 12.4 Å². The standard InChI is InChI=1S/C17H25F2N3O3/c1-22-9-8-20-14(22)13-12(5-4-10-25-13)11-21-15(23)17(18,19)16(24)6-2-3-7-16/h8-9,12-13,24H,2-7,10-11H2,1H3,(H,21,23)/t12-,13+/m0/s1. The van der Waals surface area contributed by atoms with Gasteiger partial charge >= 0.3 is 5.92 Å². The lowest BCUT2D eigenvalue weighted by molar-refractivity contribution is -0.191. The lowest BCUT2D eigenvalue weighted by Crippen LogP contribution is -2.56. The highest BCUT2D eigenvalue weighted by atomic mass is 19.3. The maximum Gasteiger partial charge on any atom is 0.352 e. The second-order valence-electron chi connectivity index (χ2n) is 7.11. The quantitative estimate of drug-likeness (QED) is 0.844. The molecule has 3 rings (SSSR count). The Morgan fingerprint density at radius 1 is 1.48 bits per heavy atom. The Balaban J connectivity index is 1.65. The van der Waals surface area contributed by atoms with Crippen molar-refractivity contribution in [1.29, 1.82) is 0 Å². The predicted octanol–water partition coefficient (Wildman–Crippen LogP) is 1.94. The molecule has 0 bridgehead atoms. The third-order valence-electron chi connectivity index (χ3n) is 5.38. The molecule has 1 aromatic rings. The Morgan fingerprint density at radius 2 is 2.20 bits per heavy atom. The average Bonchev–Trinajstić information content (AvgIpc) is 3.22. The van der Waals surface area contributed by atoms with Crippen molar-refractivity contribution in [1.82, 2.24) is 14.9 Å². The van der Waals surface area contributed by atoms with E-state index >= 15 is 0 Å². The zero-order valence-electron chi connectivity index (χ0n) is 14.4. The van der Waals surface area contributed by atoms with Gasteiger partial charge in [0.25, 0.3) is 5.91 Å². The van der Waals surface area contributed by atoms with Gasteiger partial charge in [-0.2, -0.15) is 8.78 Å². The molecule has 1 aliphatic heterocycles. The molecule has 2 fully saturated rings. The van der Waals surface area contributed by atoms with Crippen LogP contribution in [0.15, 0.2) is 12.4 Å². The molecule has 1 aromatic heterocycles. The van der Waals surface area contributed by atoms with Gasteiger partial charge in [-0.05, 0) is 25.7 Å². The second-order valence-corrected chi connectivity index (χ2v) is 7.11. The molecule has 0 spiro atoms. The molecular weight excluding hydrogens is 332 g/mol. The number of carbonyl (C=O) groups excluding carboxylic acids is 1. The SMILES string of the molecule is Cn1ccnc1[C@@H]1OCCC[C@H]1CNC(=O)C(F)(F)C1(O)CCCC1. The predicted molar refractivity (Wildman–Crippen MR) is 86.0 cm³/mol. The normalized spacial score (nSPS) is 26.6. The van der Waals surface area contributed by atoms with Crippen molar-refractivity contribution in [2.75, 3.05) is 13.2 Å². The molecule has 6 nitrogen and oxygen atoms in total. The van der Waals surface area contributed by atoms with E-state index in [1.165, 1.54) is 0 Å². The Morgan fingerprint density at radius 3 is 2.84 bits per heavy atom. The highest BCUT2D eigenvalue weighted by molar-refractivity contribution is 5.84. The maximum atomic E-state index is 14.4. The molecule has 8 heteroatoms. The summed E-state index contributed by atoms with van der Waals surface area (Å²) < 4.78 is 36.4. The van der Waals surface area contributed by atoms with Crippen LogP contribution in [0, 0.1) is 5.92 Å². The van der Waals surface area contributed by atoms with Crippen LogP contribution in [0.2, 0.25) is 0 Å². The number of halogens is 2. The minimum absolute atomic E-state index is 0.0458. The van der Waals surface area contributed by atoms with Crippen LogP contribution in [-0.2, 0) is 16.6 Å². The Bertz CT molecular complexity index is 614. The summed E-state index contributed by atoms with van der Waals surface area (Å²) in [4.78, 5) is 16.4. The number of ether oxygens (including phenoxy) is 1. The molecule has 25 heavy (non-hydrogen) atoms. The summed E-state index contributed by atoms with van der Waals surface area (Å²) in [5.74, 6) is -4.59. The minimum atomic E-state index is -3.78. The topological polar surface area (TPSA) is 76.4 Å². The van der Waals surface area contributed by atoms with E-state index in [9.17, 15) is 18.7 Å². The van der Waals surface area contributed by atoms with Crippen molar-refractivity contribution in [2.45, 2.75) is 56.2 Å². The number of aryl methyl sites for hydroxylation is 1. The van der Waals surface area contributed by atoms with Gasteiger partial charge in [0.05, 0.1) is 0 Å². The number of nitrogens with zero attached hydrogens (tertiary/aromatic N) is 2. The molecule has 0 radical (unpaired) electrons. The number of alkyl halides is 2. The monoisotopic (exact) mass is 357 g/mol. The molecule has 0 aromatic carbocycles. The first-order valence-corrected chi connectivity index (χ1v) is 8.82. The van der Waals surface area contributed by atoms with E-state index in [0.29, 0.717) is 19.4 Å². The first kappa shape index (κ1) is 18.3. The van der Waals surface area contributed by atoms with Crippen LogP contribution in [0.5, 0.6) is 0 Å². The van der Waals surface area contributed by atoms with Gasteiger partial charge in [-0.3, -0.25) is 4.79 Å². The number of imidazole rings is 1. The van der Waals surface area contributed by atoms with Gasteiger partial charge in [-0.25, -0.2) is 4.98 Å². The molecule has 2 aliphatic rings. The molecule has 140 valence electrons. The fourth-order valence-electron chi connectivity index (χ4n) is 3.81. The number of nitrogens with one attached hydrogen (secondary N) is 1. The lowest BCUT2D eigenvalue weighted by Gasteiger charge is -2.34. The molecule has 1 saturated heterocycles. The highest BCUT2D eigenvalue weighted by Gasteiger charge is 2.59. The summed E-state index contributed by atoms with van der Waals surface area (Å²) >= 11 is 0. The Kier molecular flexibility index (Phi) is 5.11. The summed E-state index contributed by atoms with van der Waals surface area (Å²) in [7, 11) is 1.85. The van der Waals surface area contributed by atoms with E-state index in [2.05, 4.69) is 10.3 Å². The Hall–Kier alpha value is -1.54. The molecule has 1 amide bonds. The van der Waals surface area contributed by atoms with Gasteiger partial charge in [-0.15, -0.1) is 0 Å². The number of amides is 1. The number of carbonyl (C=O) groups is 1. The summed E-state index contributed by atoms with van der Waals surface area (Å²) in [5, 5.41) is 12.5. The minimum Gasteiger partial charge on any atom is -0.383 e. The summed E-state index contributed by atoms with van der Waals surface area (Å²) in [5.41, 5.74) is -2.22. The molecule has 1 aliphatic carbocycles. The van der Waals surface area contributed by atoms with Crippen LogP contribution in [0.4, 0.5) is 8.78 Å². The van der Waals surface area contributed by atoms with Gasteiger partial charge in [0.2, 0.25) is 0 Å². The Labute approximate surface area is 145 Å². The first-order valence-electron chi connectivity index (χ1n) is 8.82. The number of aromatic nitrogens is 2. The third-order valence-corrected chi connectivity index (χ3v) is 5.38. The molecule has 0 unspecified atom stereocenters. The number of hydrogen-bond donors (Lipinski definition) is 2. The van der Waals surface area contributed by atoms with E-state index in [1.807, 2.05) is 11.6 Å². The van der Waals surface area contributed by atoms with Crippen molar-refractivity contribution >= 4 is 5.91 Å². The van der Waals surface area contributed by atoms with Gasteiger partial charge in [0.1, 0.15) is 17.5 Å². The number of hydrogen-bond acceptors (Lipinski definition) is 4. The highest BCUT2D eigenvalue weighted by Crippen LogP contribution is 2.42. The number of aliphatic hydroxyl groups is 1. The van der Waals surface area contributed by atoms with E-state index in [4.69, 9.17) is 4.74 Å². The van der Waals surface area contributed by atoms with Crippen LogP contribution >= 0.6 is 0 Å². The summed E-state index contributed by atoms with van der Waals surface area (Å²) in [6.07, 6.45) is 5.62. The van der Waals surface area contributed by atoms with Crippen molar-refractivity contribution in [2.24, 2.45) is 13.0 Å². The van der Waals surface area contributed by atoms with Crippen LogP contribution in [0.1, 0.15) is 50.5 Å². The number of rotatable bonds is 5. The summed E-state index contributed by atoms with van der Waals surface area (Å²) in [6, 6.07) is 0. The van der Waals surface area contributed by atoms with Gasteiger partial charge in [0, 0.05) is 38.5 Å². The summed E-state index contributed by atoms with van der Waals surface area (Å²) in [6.45, 7) is 0.653. The molecule has 2 heterocycles. The maximum absolute atomic E-state index is 14.4. The van der Waals surface area contributed by atoms with Crippen LogP contribution in [0.25, 0.3) is 0 Å². The molecule has 2 N–H and O–H groups in total. The second kappa shape index (κ2) is 6.99. The largest absolute Gasteiger partial charge is 0.383 e. The van der Waals surface area contributed by atoms with E-state index < -0.39 is 17.4 Å². The average molecular weight is 357 g/mol. The van der Waals surface area contributed by atoms with Crippen molar-refractivity contribution in [3.05, 3.63) is 18.2 Å². The van der Waals surface area contributed by atoms with Crippen LogP contribution in [0.3, 0.4) is 0 Å². The fourth-order valence-corrected chi connectivity index (χ4v) is 3.81. The zero-order chi connectivity index (χ0) is 18.1. The van der Waals surface area contributed by atoms with Gasteiger partial charge < -0.3 is 19.7 Å². The first-order chi connectivity index (χ1) is 11.8. The lowest BCUT2D eigenvalue weighted by atomic mass is 9.91. The van der Waals surface area contributed by atoms with Crippen molar-refractivity contribution in [3.8, 4) is 0 Å². The van der Waals surface area contributed by atoms with Gasteiger partial charge in [-0.1, -0.05) is 12.8 Å². The van der Waals surface area contributed by atoms with E-state index in [-0.39, 0.29) is 31.4 Å². The molecule has 2 atom stereocenters. The molecule has 1 saturated carbocycles. The van der Waals surface area contributed by atoms with Gasteiger partial charge in [0.15, 0.2) is 0 Å². The van der Waals surface area contributed by atoms with Crippen LogP contribution in [-0.4, -0.2) is 45.2 Å². The van der Waals surface area contributed by atoms with Crippen molar-refractivity contribution < 1.29 is 23.4 Å². The van der Waals surface area contributed by atoms with Crippen LogP contribution < -0.4 is 5.32 Å².